The molecule has 1 unspecified atom stereocenters. The molecular weight excluding hydrogens is 210 g/mol. The highest BCUT2D eigenvalue weighted by Crippen LogP contribution is 2.16. The second-order valence-corrected chi connectivity index (χ2v) is 4.44. The number of aromatic nitrogens is 2. The largest absolute Gasteiger partial charge is 0.304 e. The van der Waals surface area contributed by atoms with Crippen LogP contribution in [0, 0.1) is 6.92 Å². The summed E-state index contributed by atoms with van der Waals surface area (Å²) in [5, 5.41) is 7.85. The molecule has 0 bridgehead atoms. The molecule has 90 valence electrons. The van der Waals surface area contributed by atoms with Gasteiger partial charge in [0.2, 0.25) is 0 Å². The highest BCUT2D eigenvalue weighted by atomic mass is 15.3. The van der Waals surface area contributed by atoms with Crippen LogP contribution in [-0.4, -0.2) is 9.78 Å². The summed E-state index contributed by atoms with van der Waals surface area (Å²) in [5.41, 5.74) is 3.75. The van der Waals surface area contributed by atoms with Crippen molar-refractivity contribution in [3.05, 3.63) is 53.3 Å². The van der Waals surface area contributed by atoms with Gasteiger partial charge >= 0.3 is 0 Å². The molecule has 0 radical (unpaired) electrons. The topological polar surface area (TPSA) is 29.9 Å². The molecule has 0 fully saturated rings. The molecule has 2 rings (SSSR count). The van der Waals surface area contributed by atoms with Crippen LogP contribution in [-0.2, 0) is 13.6 Å². The summed E-state index contributed by atoms with van der Waals surface area (Å²) in [6.07, 6.45) is 1.97. The van der Waals surface area contributed by atoms with Crippen molar-refractivity contribution >= 4 is 0 Å². The van der Waals surface area contributed by atoms with Crippen LogP contribution >= 0.6 is 0 Å². The number of nitrogens with one attached hydrogen (secondary N) is 1. The Morgan fingerprint density at radius 2 is 2.06 bits per heavy atom. The Balaban J connectivity index is 1.98. The predicted octanol–water partition coefficient (Wildman–Crippen LogP) is 2.58. The van der Waals surface area contributed by atoms with E-state index in [0.717, 1.165) is 12.2 Å². The average molecular weight is 229 g/mol. The normalized spacial score (nSPS) is 12.6. The lowest BCUT2D eigenvalue weighted by Gasteiger charge is -2.15. The lowest BCUT2D eigenvalue weighted by Crippen LogP contribution is -2.19. The van der Waals surface area contributed by atoms with Gasteiger partial charge in [0.1, 0.15) is 0 Å². The second-order valence-electron chi connectivity index (χ2n) is 4.44. The summed E-state index contributed by atoms with van der Waals surface area (Å²) in [6, 6.07) is 10.9. The lowest BCUT2D eigenvalue weighted by atomic mass is 10.0. The SMILES string of the molecule is Cc1ccccc1C(C)NCc1ccn(C)n1. The number of nitrogens with zero attached hydrogens (tertiary/aromatic N) is 2. The molecule has 1 aromatic carbocycles. The summed E-state index contributed by atoms with van der Waals surface area (Å²) in [7, 11) is 1.94. The molecule has 0 aliphatic heterocycles. The first kappa shape index (κ1) is 11.9. The zero-order chi connectivity index (χ0) is 12.3. The van der Waals surface area contributed by atoms with Crippen molar-refractivity contribution in [1.82, 2.24) is 15.1 Å². The molecule has 2 aromatic rings. The van der Waals surface area contributed by atoms with Gasteiger partial charge in [-0.05, 0) is 31.0 Å². The molecule has 1 heterocycles. The highest BCUT2D eigenvalue weighted by Gasteiger charge is 2.07. The fraction of sp³-hybridized carbons (Fsp3) is 0.357. The quantitative estimate of drug-likeness (QED) is 0.873. The number of hydrogen-bond acceptors (Lipinski definition) is 2. The summed E-state index contributed by atoms with van der Waals surface area (Å²) >= 11 is 0. The summed E-state index contributed by atoms with van der Waals surface area (Å²) in [4.78, 5) is 0. The molecule has 3 heteroatoms. The molecule has 0 aliphatic rings. The first-order valence-corrected chi connectivity index (χ1v) is 5.94. The fourth-order valence-electron chi connectivity index (χ4n) is 2.00. The van der Waals surface area contributed by atoms with Crippen molar-refractivity contribution in [1.29, 1.82) is 0 Å². The van der Waals surface area contributed by atoms with E-state index in [0.29, 0.717) is 6.04 Å². The minimum Gasteiger partial charge on any atom is -0.304 e. The minimum absolute atomic E-state index is 0.346. The maximum atomic E-state index is 4.35. The van der Waals surface area contributed by atoms with Crippen LogP contribution in [0.1, 0.15) is 29.8 Å². The highest BCUT2D eigenvalue weighted by molar-refractivity contribution is 5.28. The van der Waals surface area contributed by atoms with Gasteiger partial charge in [0.15, 0.2) is 0 Å². The van der Waals surface area contributed by atoms with E-state index in [2.05, 4.69) is 48.5 Å². The van der Waals surface area contributed by atoms with E-state index in [1.165, 1.54) is 11.1 Å². The van der Waals surface area contributed by atoms with Crippen LogP contribution in [0.4, 0.5) is 0 Å². The number of hydrogen-bond donors (Lipinski definition) is 1. The third kappa shape index (κ3) is 2.94. The molecule has 1 atom stereocenters. The molecule has 0 amide bonds. The minimum atomic E-state index is 0.346. The van der Waals surface area contributed by atoms with E-state index in [-0.39, 0.29) is 0 Å². The van der Waals surface area contributed by atoms with Crippen LogP contribution in [0.2, 0.25) is 0 Å². The van der Waals surface area contributed by atoms with Gasteiger partial charge in [0, 0.05) is 25.8 Å². The number of rotatable bonds is 4. The van der Waals surface area contributed by atoms with Crippen molar-refractivity contribution in [3.8, 4) is 0 Å². The van der Waals surface area contributed by atoms with Crippen molar-refractivity contribution in [2.75, 3.05) is 0 Å². The van der Waals surface area contributed by atoms with Crippen molar-refractivity contribution < 1.29 is 0 Å². The van der Waals surface area contributed by atoms with Gasteiger partial charge in [0.05, 0.1) is 5.69 Å². The Morgan fingerprint density at radius 3 is 2.71 bits per heavy atom. The molecule has 17 heavy (non-hydrogen) atoms. The van der Waals surface area contributed by atoms with Gasteiger partial charge < -0.3 is 5.32 Å². The smallest absolute Gasteiger partial charge is 0.0762 e. The molecule has 0 saturated heterocycles. The van der Waals surface area contributed by atoms with Gasteiger partial charge in [0.25, 0.3) is 0 Å². The molecule has 1 N–H and O–H groups in total. The Kier molecular flexibility index (Phi) is 3.59. The Bertz CT molecular complexity index is 488. The summed E-state index contributed by atoms with van der Waals surface area (Å²) in [5.74, 6) is 0. The predicted molar refractivity (Wildman–Crippen MR) is 69.6 cm³/mol. The summed E-state index contributed by atoms with van der Waals surface area (Å²) in [6.45, 7) is 5.13. The lowest BCUT2D eigenvalue weighted by molar-refractivity contribution is 0.559. The van der Waals surface area contributed by atoms with Crippen LogP contribution in [0.15, 0.2) is 36.5 Å². The second kappa shape index (κ2) is 5.15. The molecule has 0 spiro atoms. The van der Waals surface area contributed by atoms with E-state index < -0.39 is 0 Å². The van der Waals surface area contributed by atoms with E-state index in [1.54, 1.807) is 0 Å². The van der Waals surface area contributed by atoms with Gasteiger partial charge in [-0.1, -0.05) is 24.3 Å². The van der Waals surface area contributed by atoms with E-state index >= 15 is 0 Å². The monoisotopic (exact) mass is 229 g/mol. The summed E-state index contributed by atoms with van der Waals surface area (Å²) < 4.78 is 1.83. The zero-order valence-electron chi connectivity index (χ0n) is 10.6. The van der Waals surface area contributed by atoms with E-state index in [9.17, 15) is 0 Å². The van der Waals surface area contributed by atoms with Crippen LogP contribution in [0.25, 0.3) is 0 Å². The Morgan fingerprint density at radius 1 is 1.29 bits per heavy atom. The molecular formula is C14H19N3. The Hall–Kier alpha value is -1.61. The third-order valence-electron chi connectivity index (χ3n) is 3.01. The molecule has 0 saturated carbocycles. The number of aryl methyl sites for hydroxylation is 2. The first-order chi connectivity index (χ1) is 8.16. The zero-order valence-corrected chi connectivity index (χ0v) is 10.6. The van der Waals surface area contributed by atoms with Crippen LogP contribution in [0.3, 0.4) is 0 Å². The molecule has 1 aromatic heterocycles. The van der Waals surface area contributed by atoms with E-state index in [1.807, 2.05) is 24.0 Å². The molecule has 3 nitrogen and oxygen atoms in total. The maximum Gasteiger partial charge on any atom is 0.0762 e. The van der Waals surface area contributed by atoms with Crippen LogP contribution < -0.4 is 5.32 Å². The van der Waals surface area contributed by atoms with Gasteiger partial charge in [-0.2, -0.15) is 5.10 Å². The van der Waals surface area contributed by atoms with Gasteiger partial charge in [-0.25, -0.2) is 0 Å². The maximum absolute atomic E-state index is 4.35. The first-order valence-electron chi connectivity index (χ1n) is 5.94. The fourth-order valence-corrected chi connectivity index (χ4v) is 2.00. The average Bonchev–Trinajstić information content (AvgIpc) is 2.73. The standard InChI is InChI=1S/C14H19N3/c1-11-6-4-5-7-14(11)12(2)15-10-13-8-9-17(3)16-13/h4-9,12,15H,10H2,1-3H3. The van der Waals surface area contributed by atoms with Crippen molar-refractivity contribution in [2.45, 2.75) is 26.4 Å². The van der Waals surface area contributed by atoms with Gasteiger partial charge in [-0.3, -0.25) is 4.68 Å². The van der Waals surface area contributed by atoms with E-state index in [4.69, 9.17) is 0 Å². The Labute approximate surface area is 102 Å². The number of benzene rings is 1. The molecule has 0 aliphatic carbocycles. The third-order valence-corrected chi connectivity index (χ3v) is 3.01. The van der Waals surface area contributed by atoms with Crippen molar-refractivity contribution in [2.24, 2.45) is 7.05 Å². The van der Waals surface area contributed by atoms with Crippen LogP contribution in [0.5, 0.6) is 0 Å². The van der Waals surface area contributed by atoms with Crippen molar-refractivity contribution in [3.63, 3.8) is 0 Å². The van der Waals surface area contributed by atoms with Gasteiger partial charge in [-0.15, -0.1) is 0 Å².